The van der Waals surface area contributed by atoms with Gasteiger partial charge in [-0.1, -0.05) is 6.92 Å². The summed E-state index contributed by atoms with van der Waals surface area (Å²) < 4.78 is 10.3. The molecule has 2 rings (SSSR count). The van der Waals surface area contributed by atoms with E-state index >= 15 is 0 Å². The molecule has 0 aromatic heterocycles. The zero-order valence-electron chi connectivity index (χ0n) is 9.78. The maximum absolute atomic E-state index is 11.4. The zero-order valence-corrected chi connectivity index (χ0v) is 9.78. The summed E-state index contributed by atoms with van der Waals surface area (Å²) in [6.45, 7) is 6.64. The minimum absolute atomic E-state index is 0.179. The number of ether oxygens (including phenoxy) is 2. The molecule has 0 bridgehead atoms. The summed E-state index contributed by atoms with van der Waals surface area (Å²) in [7, 11) is 0. The fourth-order valence-electron chi connectivity index (χ4n) is 2.34. The first-order chi connectivity index (χ1) is 7.81. The van der Waals surface area contributed by atoms with Crippen LogP contribution in [0.3, 0.4) is 0 Å². The molecule has 5 nitrogen and oxygen atoms in total. The summed E-state index contributed by atoms with van der Waals surface area (Å²) >= 11 is 0. The Morgan fingerprint density at radius 2 is 2.44 bits per heavy atom. The lowest BCUT2D eigenvalue weighted by Gasteiger charge is -2.26. The molecular formula is C11H20N2O3. The number of amides is 1. The van der Waals surface area contributed by atoms with Crippen LogP contribution in [-0.4, -0.2) is 56.5 Å². The van der Waals surface area contributed by atoms with Crippen molar-refractivity contribution in [1.29, 1.82) is 0 Å². The molecule has 2 aliphatic rings. The van der Waals surface area contributed by atoms with Crippen LogP contribution in [0.5, 0.6) is 0 Å². The van der Waals surface area contributed by atoms with Gasteiger partial charge in [0.1, 0.15) is 6.61 Å². The maximum atomic E-state index is 11.4. The second-order valence-electron chi connectivity index (χ2n) is 4.35. The number of carbonyl (C=O) groups excluding carboxylic acids is 1. The third-order valence-corrected chi connectivity index (χ3v) is 3.26. The number of hydrogen-bond acceptors (Lipinski definition) is 4. The smallest absolute Gasteiger partial charge is 0.409 e. The Balaban J connectivity index is 1.88. The SMILES string of the molecule is CCNC(CN1CCOC1=O)C1CCOC1. The number of carbonyl (C=O) groups is 1. The molecule has 2 saturated heterocycles. The number of hydrogen-bond donors (Lipinski definition) is 1. The Labute approximate surface area is 96.1 Å². The second-order valence-corrected chi connectivity index (χ2v) is 4.35. The van der Waals surface area contributed by atoms with Gasteiger partial charge in [-0.25, -0.2) is 4.79 Å². The number of nitrogens with one attached hydrogen (secondary N) is 1. The summed E-state index contributed by atoms with van der Waals surface area (Å²) in [5.74, 6) is 0.522. The first kappa shape index (κ1) is 11.7. The number of cyclic esters (lactones) is 1. The monoisotopic (exact) mass is 228 g/mol. The van der Waals surface area contributed by atoms with Gasteiger partial charge in [-0.05, 0) is 13.0 Å². The zero-order chi connectivity index (χ0) is 11.4. The fraction of sp³-hybridized carbons (Fsp3) is 0.909. The molecule has 0 spiro atoms. The van der Waals surface area contributed by atoms with Crippen molar-refractivity contribution in [2.45, 2.75) is 19.4 Å². The van der Waals surface area contributed by atoms with E-state index in [1.807, 2.05) is 0 Å². The highest BCUT2D eigenvalue weighted by molar-refractivity contribution is 5.69. The average molecular weight is 228 g/mol. The minimum atomic E-state index is -0.179. The Kier molecular flexibility index (Phi) is 4.01. The third kappa shape index (κ3) is 2.65. The van der Waals surface area contributed by atoms with Gasteiger partial charge in [0, 0.05) is 25.1 Å². The first-order valence-electron chi connectivity index (χ1n) is 6.04. The standard InChI is InChI=1S/C11H20N2O3/c1-2-12-10(9-3-5-15-8-9)7-13-4-6-16-11(13)14/h9-10,12H,2-8H2,1H3. The highest BCUT2D eigenvalue weighted by atomic mass is 16.6. The molecular weight excluding hydrogens is 208 g/mol. The summed E-state index contributed by atoms with van der Waals surface area (Å²) in [5.41, 5.74) is 0. The molecule has 0 aromatic rings. The molecule has 2 heterocycles. The van der Waals surface area contributed by atoms with E-state index in [1.165, 1.54) is 0 Å². The van der Waals surface area contributed by atoms with Crippen LogP contribution in [0.1, 0.15) is 13.3 Å². The van der Waals surface area contributed by atoms with Gasteiger partial charge in [0.05, 0.1) is 13.2 Å². The second kappa shape index (κ2) is 5.50. The van der Waals surface area contributed by atoms with Gasteiger partial charge < -0.3 is 19.7 Å². The molecule has 1 N–H and O–H groups in total. The molecule has 2 aliphatic heterocycles. The Hall–Kier alpha value is -0.810. The predicted molar refractivity (Wildman–Crippen MR) is 59.3 cm³/mol. The summed E-state index contributed by atoms with van der Waals surface area (Å²) in [6, 6.07) is 0.332. The maximum Gasteiger partial charge on any atom is 0.409 e. The van der Waals surface area contributed by atoms with E-state index in [9.17, 15) is 4.79 Å². The Bertz CT molecular complexity index is 241. The van der Waals surface area contributed by atoms with Crippen LogP contribution in [0.2, 0.25) is 0 Å². The van der Waals surface area contributed by atoms with E-state index in [-0.39, 0.29) is 6.09 Å². The van der Waals surface area contributed by atoms with E-state index < -0.39 is 0 Å². The van der Waals surface area contributed by atoms with Gasteiger partial charge in [-0.3, -0.25) is 0 Å². The van der Waals surface area contributed by atoms with Crippen molar-refractivity contribution >= 4 is 6.09 Å². The molecule has 0 saturated carbocycles. The Morgan fingerprint density at radius 1 is 1.56 bits per heavy atom. The topological polar surface area (TPSA) is 50.8 Å². The lowest BCUT2D eigenvalue weighted by Crippen LogP contribution is -2.46. The van der Waals surface area contributed by atoms with E-state index in [2.05, 4.69) is 12.2 Å². The van der Waals surface area contributed by atoms with Crippen molar-refractivity contribution in [3.63, 3.8) is 0 Å². The van der Waals surface area contributed by atoms with Gasteiger partial charge in [-0.2, -0.15) is 0 Å². The van der Waals surface area contributed by atoms with E-state index in [4.69, 9.17) is 9.47 Å². The predicted octanol–water partition coefficient (Wildman–Crippen LogP) is 0.453. The van der Waals surface area contributed by atoms with Crippen LogP contribution >= 0.6 is 0 Å². The molecule has 16 heavy (non-hydrogen) atoms. The number of likely N-dealkylation sites (N-methyl/N-ethyl adjacent to an activating group) is 1. The quantitative estimate of drug-likeness (QED) is 0.742. The van der Waals surface area contributed by atoms with Gasteiger partial charge in [0.2, 0.25) is 0 Å². The lowest BCUT2D eigenvalue weighted by atomic mass is 9.98. The van der Waals surface area contributed by atoms with Gasteiger partial charge >= 0.3 is 6.09 Å². The van der Waals surface area contributed by atoms with Crippen LogP contribution < -0.4 is 5.32 Å². The lowest BCUT2D eigenvalue weighted by molar-refractivity contribution is 0.147. The van der Waals surface area contributed by atoms with E-state index in [1.54, 1.807) is 4.90 Å². The average Bonchev–Trinajstić information content (AvgIpc) is 2.90. The van der Waals surface area contributed by atoms with Crippen LogP contribution in [0, 0.1) is 5.92 Å². The van der Waals surface area contributed by atoms with E-state index in [0.29, 0.717) is 25.1 Å². The summed E-state index contributed by atoms with van der Waals surface area (Å²) in [6.07, 6.45) is 0.905. The minimum Gasteiger partial charge on any atom is -0.448 e. The first-order valence-corrected chi connectivity index (χ1v) is 6.04. The molecule has 2 atom stereocenters. The molecule has 5 heteroatoms. The highest BCUT2D eigenvalue weighted by Gasteiger charge is 2.30. The van der Waals surface area contributed by atoms with Crippen LogP contribution in [-0.2, 0) is 9.47 Å². The van der Waals surface area contributed by atoms with Crippen LogP contribution in [0.15, 0.2) is 0 Å². The third-order valence-electron chi connectivity index (χ3n) is 3.26. The molecule has 2 fully saturated rings. The van der Waals surface area contributed by atoms with Gasteiger partial charge in [0.15, 0.2) is 0 Å². The fourth-order valence-corrected chi connectivity index (χ4v) is 2.34. The van der Waals surface area contributed by atoms with E-state index in [0.717, 1.165) is 32.7 Å². The van der Waals surface area contributed by atoms with Gasteiger partial charge in [0.25, 0.3) is 0 Å². The summed E-state index contributed by atoms with van der Waals surface area (Å²) in [4.78, 5) is 13.2. The normalized spacial score (nSPS) is 27.2. The number of rotatable bonds is 5. The molecule has 0 radical (unpaired) electrons. The largest absolute Gasteiger partial charge is 0.448 e. The molecule has 92 valence electrons. The van der Waals surface area contributed by atoms with Crippen molar-refractivity contribution in [3.05, 3.63) is 0 Å². The van der Waals surface area contributed by atoms with Crippen molar-refractivity contribution in [2.75, 3.05) is 39.5 Å². The number of nitrogens with zero attached hydrogens (tertiary/aromatic N) is 1. The van der Waals surface area contributed by atoms with Crippen molar-refractivity contribution in [1.82, 2.24) is 10.2 Å². The van der Waals surface area contributed by atoms with Crippen LogP contribution in [0.25, 0.3) is 0 Å². The van der Waals surface area contributed by atoms with Crippen molar-refractivity contribution < 1.29 is 14.3 Å². The highest BCUT2D eigenvalue weighted by Crippen LogP contribution is 2.18. The van der Waals surface area contributed by atoms with Crippen molar-refractivity contribution in [3.8, 4) is 0 Å². The van der Waals surface area contributed by atoms with Gasteiger partial charge in [-0.15, -0.1) is 0 Å². The molecule has 0 aromatic carbocycles. The Morgan fingerprint density at radius 3 is 3.00 bits per heavy atom. The molecule has 2 unspecified atom stereocenters. The summed E-state index contributed by atoms with van der Waals surface area (Å²) in [5, 5.41) is 3.44. The molecule has 1 amide bonds. The molecule has 0 aliphatic carbocycles. The van der Waals surface area contributed by atoms with Crippen LogP contribution in [0.4, 0.5) is 4.79 Å². The van der Waals surface area contributed by atoms with Crippen molar-refractivity contribution in [2.24, 2.45) is 5.92 Å².